The summed E-state index contributed by atoms with van der Waals surface area (Å²) in [5, 5.41) is 10.4. The highest BCUT2D eigenvalue weighted by Crippen LogP contribution is 2.35. The van der Waals surface area contributed by atoms with Gasteiger partial charge in [-0.05, 0) is 42.3 Å². The molecule has 0 fully saturated rings. The number of aromatic nitrogens is 1. The molecule has 3 rings (SSSR count). The maximum absolute atomic E-state index is 11.9. The Kier molecular flexibility index (Phi) is 2.71. The molecule has 0 atom stereocenters. The van der Waals surface area contributed by atoms with Crippen LogP contribution in [0.25, 0.3) is 27.7 Å². The molecule has 4 nitrogen and oxygen atoms in total. The van der Waals surface area contributed by atoms with Gasteiger partial charge < -0.3 is 14.5 Å². The van der Waals surface area contributed by atoms with E-state index in [2.05, 4.69) is 11.6 Å². The lowest BCUT2D eigenvalue weighted by Gasteiger charge is -2.06. The van der Waals surface area contributed by atoms with Crippen molar-refractivity contribution in [3.63, 3.8) is 0 Å². The van der Waals surface area contributed by atoms with Gasteiger partial charge in [0.05, 0.1) is 5.39 Å². The van der Waals surface area contributed by atoms with Crippen molar-refractivity contribution in [2.75, 3.05) is 0 Å². The number of rotatable bonds is 2. The summed E-state index contributed by atoms with van der Waals surface area (Å²) in [5.41, 5.74) is 3.24. The lowest BCUT2D eigenvalue weighted by Crippen LogP contribution is -2.07. The number of fused-ring (bicyclic) bond motifs is 1. The lowest BCUT2D eigenvalue weighted by atomic mass is 9.98. The van der Waals surface area contributed by atoms with Crippen molar-refractivity contribution in [1.82, 2.24) is 4.98 Å². The van der Waals surface area contributed by atoms with Crippen molar-refractivity contribution in [2.24, 2.45) is 0 Å². The van der Waals surface area contributed by atoms with Crippen molar-refractivity contribution in [1.29, 1.82) is 0 Å². The van der Waals surface area contributed by atoms with Gasteiger partial charge in [0.25, 0.3) is 5.56 Å². The first-order valence-electron chi connectivity index (χ1n) is 6.16. The minimum absolute atomic E-state index is 0.0525. The zero-order chi connectivity index (χ0) is 14.3. The van der Waals surface area contributed by atoms with Crippen LogP contribution in [-0.2, 0) is 0 Å². The number of benzene rings is 1. The van der Waals surface area contributed by atoms with E-state index in [9.17, 15) is 9.90 Å². The molecule has 0 amide bonds. The maximum Gasteiger partial charge on any atom is 0.255 e. The molecule has 0 aliphatic carbocycles. The highest BCUT2D eigenvalue weighted by atomic mass is 16.4. The number of pyridine rings is 1. The average molecular weight is 267 g/mol. The van der Waals surface area contributed by atoms with Gasteiger partial charge in [0.2, 0.25) is 0 Å². The normalized spacial score (nSPS) is 10.8. The van der Waals surface area contributed by atoms with Crippen molar-refractivity contribution in [2.45, 2.75) is 6.92 Å². The van der Waals surface area contributed by atoms with Crippen LogP contribution in [-0.4, -0.2) is 10.1 Å². The van der Waals surface area contributed by atoms with Gasteiger partial charge in [-0.25, -0.2) is 0 Å². The lowest BCUT2D eigenvalue weighted by molar-refractivity contribution is 0.464. The van der Waals surface area contributed by atoms with Gasteiger partial charge in [-0.3, -0.25) is 4.79 Å². The van der Waals surface area contributed by atoms with Crippen LogP contribution in [0.2, 0.25) is 0 Å². The molecule has 2 heterocycles. The van der Waals surface area contributed by atoms with Crippen LogP contribution in [0.4, 0.5) is 0 Å². The van der Waals surface area contributed by atoms with Crippen molar-refractivity contribution in [3.8, 4) is 16.9 Å². The van der Waals surface area contributed by atoms with Gasteiger partial charge in [0, 0.05) is 17.3 Å². The van der Waals surface area contributed by atoms with E-state index in [0.717, 1.165) is 11.1 Å². The summed E-state index contributed by atoms with van der Waals surface area (Å²) >= 11 is 0. The number of allylic oxidation sites excluding steroid dienone is 1. The average Bonchev–Trinajstić information content (AvgIpc) is 2.80. The van der Waals surface area contributed by atoms with Crippen molar-refractivity contribution >= 4 is 16.5 Å². The number of hydrogen-bond donors (Lipinski definition) is 2. The Bertz CT molecular complexity index is 871. The Morgan fingerprint density at radius 3 is 2.90 bits per heavy atom. The highest BCUT2D eigenvalue weighted by Gasteiger charge is 2.14. The van der Waals surface area contributed by atoms with E-state index in [1.807, 2.05) is 13.0 Å². The van der Waals surface area contributed by atoms with Crippen molar-refractivity contribution < 1.29 is 9.52 Å². The topological polar surface area (TPSA) is 66.2 Å². The van der Waals surface area contributed by atoms with E-state index in [-0.39, 0.29) is 11.3 Å². The Morgan fingerprint density at radius 1 is 1.40 bits per heavy atom. The monoisotopic (exact) mass is 267 g/mol. The summed E-state index contributed by atoms with van der Waals surface area (Å²) in [5.74, 6) is 0.0525. The zero-order valence-corrected chi connectivity index (χ0v) is 10.9. The molecule has 0 aliphatic heterocycles. The van der Waals surface area contributed by atoms with Gasteiger partial charge in [-0.2, -0.15) is 0 Å². The standard InChI is InChI=1S/C16H13NO3/c1-9(2)12-6-10(11-4-3-5-17-16(11)19)7-13-14(18)8-20-15(12)13/h3-8,18H,1H2,2H3,(H,17,19). The SMILES string of the molecule is C=C(C)c1cc(-c2ccc[nH]c2=O)cc2c(O)coc12. The second-order valence-electron chi connectivity index (χ2n) is 4.71. The van der Waals surface area contributed by atoms with E-state index in [1.54, 1.807) is 24.4 Å². The third-order valence-electron chi connectivity index (χ3n) is 3.24. The molecule has 1 aromatic carbocycles. The van der Waals surface area contributed by atoms with Gasteiger partial charge in [0.1, 0.15) is 11.8 Å². The largest absolute Gasteiger partial charge is 0.504 e. The molecule has 0 spiro atoms. The molecular weight excluding hydrogens is 254 g/mol. The Labute approximate surface area is 115 Å². The minimum atomic E-state index is -0.178. The summed E-state index contributed by atoms with van der Waals surface area (Å²) in [6, 6.07) is 7.08. The van der Waals surface area contributed by atoms with E-state index >= 15 is 0 Å². The summed E-state index contributed by atoms with van der Waals surface area (Å²) in [6.45, 7) is 5.77. The first-order valence-corrected chi connectivity index (χ1v) is 6.16. The molecule has 2 aromatic heterocycles. The number of nitrogens with one attached hydrogen (secondary N) is 1. The van der Waals surface area contributed by atoms with Gasteiger partial charge in [-0.15, -0.1) is 0 Å². The molecule has 0 saturated heterocycles. The maximum atomic E-state index is 11.9. The number of furan rings is 1. The molecule has 0 bridgehead atoms. The summed E-state index contributed by atoms with van der Waals surface area (Å²) in [4.78, 5) is 14.5. The summed E-state index contributed by atoms with van der Waals surface area (Å²) in [7, 11) is 0. The fourth-order valence-corrected chi connectivity index (χ4v) is 2.25. The second kappa shape index (κ2) is 4.42. The first kappa shape index (κ1) is 12.3. The van der Waals surface area contributed by atoms with Crippen LogP contribution in [0.1, 0.15) is 12.5 Å². The third-order valence-corrected chi connectivity index (χ3v) is 3.24. The van der Waals surface area contributed by atoms with Gasteiger partial charge in [0.15, 0.2) is 5.75 Å². The van der Waals surface area contributed by atoms with Gasteiger partial charge in [-0.1, -0.05) is 6.58 Å². The zero-order valence-electron chi connectivity index (χ0n) is 10.9. The Hall–Kier alpha value is -2.75. The molecule has 100 valence electrons. The number of aromatic hydroxyl groups is 1. The van der Waals surface area contributed by atoms with Crippen LogP contribution < -0.4 is 5.56 Å². The summed E-state index contributed by atoms with van der Waals surface area (Å²) < 4.78 is 5.37. The fraction of sp³-hybridized carbons (Fsp3) is 0.0625. The predicted molar refractivity (Wildman–Crippen MR) is 78.6 cm³/mol. The van der Waals surface area contributed by atoms with Gasteiger partial charge >= 0.3 is 0 Å². The summed E-state index contributed by atoms with van der Waals surface area (Å²) in [6.07, 6.45) is 2.87. The van der Waals surface area contributed by atoms with Crippen molar-refractivity contribution in [3.05, 3.63) is 59.2 Å². The van der Waals surface area contributed by atoms with E-state index in [1.165, 1.54) is 6.26 Å². The van der Waals surface area contributed by atoms with Crippen LogP contribution in [0, 0.1) is 0 Å². The molecule has 3 aromatic rings. The molecule has 4 heteroatoms. The smallest absolute Gasteiger partial charge is 0.255 e. The van der Waals surface area contributed by atoms with E-state index in [4.69, 9.17) is 4.42 Å². The molecule has 0 radical (unpaired) electrons. The quantitative estimate of drug-likeness (QED) is 0.746. The van der Waals surface area contributed by atoms with E-state index < -0.39 is 0 Å². The molecule has 0 unspecified atom stereocenters. The third kappa shape index (κ3) is 1.82. The molecule has 0 saturated carbocycles. The fourth-order valence-electron chi connectivity index (χ4n) is 2.25. The molecular formula is C16H13NO3. The minimum Gasteiger partial charge on any atom is -0.504 e. The first-order chi connectivity index (χ1) is 9.58. The number of aromatic amines is 1. The van der Waals surface area contributed by atoms with Crippen LogP contribution >= 0.6 is 0 Å². The molecule has 20 heavy (non-hydrogen) atoms. The van der Waals surface area contributed by atoms with Crippen LogP contribution in [0.3, 0.4) is 0 Å². The molecule has 0 aliphatic rings. The van der Waals surface area contributed by atoms with Crippen LogP contribution in [0.5, 0.6) is 5.75 Å². The Morgan fingerprint density at radius 2 is 2.20 bits per heavy atom. The van der Waals surface area contributed by atoms with E-state index in [0.29, 0.717) is 22.1 Å². The number of hydrogen-bond acceptors (Lipinski definition) is 3. The second-order valence-corrected chi connectivity index (χ2v) is 4.71. The Balaban J connectivity index is 2.38. The number of H-pyrrole nitrogens is 1. The molecule has 2 N–H and O–H groups in total. The predicted octanol–water partition coefficient (Wildman–Crippen LogP) is 3.53. The van der Waals surface area contributed by atoms with Crippen LogP contribution in [0.15, 0.2) is 52.5 Å². The highest BCUT2D eigenvalue weighted by molar-refractivity contribution is 5.96.